The third kappa shape index (κ3) is 1.89. The summed E-state index contributed by atoms with van der Waals surface area (Å²) >= 11 is 0. The monoisotopic (exact) mass is 194 g/mol. The standard InChI is InChI=1S/C5H5F3N4O/c6-5(7,8)12(4(9)13)3-1-2-10-11-3/h1-2H,(H2,9,13)(H,10,11). The maximum absolute atomic E-state index is 12.1. The first kappa shape index (κ1) is 9.36. The lowest BCUT2D eigenvalue weighted by atomic mass is 10.5. The molecule has 1 rings (SSSR count). The number of nitrogens with two attached hydrogens (primary N) is 1. The number of urea groups is 1. The molecule has 72 valence electrons. The lowest BCUT2D eigenvalue weighted by Gasteiger charge is -2.20. The number of aromatic nitrogens is 2. The number of primary amides is 1. The van der Waals surface area contributed by atoms with Crippen LogP contribution in [-0.2, 0) is 0 Å². The van der Waals surface area contributed by atoms with E-state index in [4.69, 9.17) is 0 Å². The van der Waals surface area contributed by atoms with E-state index in [1.165, 1.54) is 0 Å². The number of alkyl halides is 3. The van der Waals surface area contributed by atoms with Crippen molar-refractivity contribution >= 4 is 11.8 Å². The normalized spacial score (nSPS) is 11.3. The van der Waals surface area contributed by atoms with Crippen molar-refractivity contribution in [3.05, 3.63) is 12.3 Å². The minimum absolute atomic E-state index is 0.514. The van der Waals surface area contributed by atoms with E-state index in [-0.39, 0.29) is 0 Å². The van der Waals surface area contributed by atoms with Crippen molar-refractivity contribution in [2.45, 2.75) is 6.30 Å². The van der Waals surface area contributed by atoms with E-state index >= 15 is 0 Å². The highest BCUT2D eigenvalue weighted by Crippen LogP contribution is 2.25. The Morgan fingerprint density at radius 1 is 1.62 bits per heavy atom. The fourth-order valence-electron chi connectivity index (χ4n) is 0.753. The van der Waals surface area contributed by atoms with Crippen LogP contribution in [0.1, 0.15) is 0 Å². The summed E-state index contributed by atoms with van der Waals surface area (Å²) < 4.78 is 36.3. The number of hydrogen-bond donors (Lipinski definition) is 2. The zero-order valence-corrected chi connectivity index (χ0v) is 6.17. The third-order valence-electron chi connectivity index (χ3n) is 1.20. The Morgan fingerprint density at radius 2 is 2.23 bits per heavy atom. The molecular weight excluding hydrogens is 189 g/mol. The summed E-state index contributed by atoms with van der Waals surface area (Å²) in [5, 5.41) is 5.24. The molecule has 0 radical (unpaired) electrons. The van der Waals surface area contributed by atoms with Gasteiger partial charge in [-0.1, -0.05) is 0 Å². The molecule has 3 N–H and O–H groups in total. The molecule has 1 heterocycles. The highest BCUT2D eigenvalue weighted by molar-refractivity contribution is 5.90. The van der Waals surface area contributed by atoms with Crippen molar-refractivity contribution in [2.24, 2.45) is 5.73 Å². The average Bonchev–Trinajstić information content (AvgIpc) is 2.34. The first-order chi connectivity index (χ1) is 5.93. The van der Waals surface area contributed by atoms with Crippen LogP contribution < -0.4 is 10.6 Å². The summed E-state index contributed by atoms with van der Waals surface area (Å²) in [6, 6.07) is -0.630. The number of nitrogens with one attached hydrogen (secondary N) is 1. The molecule has 0 aliphatic rings. The Kier molecular flexibility index (Phi) is 2.13. The topological polar surface area (TPSA) is 75.0 Å². The molecule has 8 heteroatoms. The van der Waals surface area contributed by atoms with Crippen molar-refractivity contribution in [1.29, 1.82) is 0 Å². The maximum atomic E-state index is 12.1. The molecule has 0 saturated heterocycles. The van der Waals surface area contributed by atoms with Crippen LogP contribution in [0.5, 0.6) is 0 Å². The smallest absolute Gasteiger partial charge is 0.351 e. The molecule has 1 aromatic rings. The summed E-state index contributed by atoms with van der Waals surface area (Å²) in [7, 11) is 0. The molecule has 0 atom stereocenters. The van der Waals surface area contributed by atoms with Crippen LogP contribution in [-0.4, -0.2) is 22.5 Å². The Morgan fingerprint density at radius 3 is 2.54 bits per heavy atom. The number of halogens is 3. The number of nitrogens with zero attached hydrogens (tertiary/aromatic N) is 2. The van der Waals surface area contributed by atoms with Gasteiger partial charge in [0.05, 0.1) is 6.20 Å². The maximum Gasteiger partial charge on any atom is 0.494 e. The van der Waals surface area contributed by atoms with Crippen LogP contribution in [0.2, 0.25) is 0 Å². The summed E-state index contributed by atoms with van der Waals surface area (Å²) in [5.41, 5.74) is 4.53. The molecule has 0 fully saturated rings. The lowest BCUT2D eigenvalue weighted by Crippen LogP contribution is -2.46. The van der Waals surface area contributed by atoms with Crippen LogP contribution in [0.4, 0.5) is 23.8 Å². The molecule has 0 aliphatic carbocycles. The third-order valence-corrected chi connectivity index (χ3v) is 1.20. The second-order valence-corrected chi connectivity index (χ2v) is 2.08. The quantitative estimate of drug-likeness (QED) is 0.649. The summed E-state index contributed by atoms with van der Waals surface area (Å²) in [6.45, 7) is 0. The number of aromatic amines is 1. The van der Waals surface area contributed by atoms with Crippen LogP contribution in [0.25, 0.3) is 0 Å². The molecule has 0 unspecified atom stereocenters. The first-order valence-electron chi connectivity index (χ1n) is 3.08. The molecule has 1 aromatic heterocycles. The molecule has 0 saturated carbocycles. The first-order valence-corrected chi connectivity index (χ1v) is 3.08. The van der Waals surface area contributed by atoms with Gasteiger partial charge in [-0.25, -0.2) is 4.79 Å². The highest BCUT2D eigenvalue weighted by atomic mass is 19.4. The van der Waals surface area contributed by atoms with E-state index in [1.807, 2.05) is 5.10 Å². The van der Waals surface area contributed by atoms with E-state index in [9.17, 15) is 18.0 Å². The Labute approximate surface area is 70.3 Å². The van der Waals surface area contributed by atoms with Gasteiger partial charge in [-0.15, -0.1) is 13.2 Å². The van der Waals surface area contributed by atoms with Gasteiger partial charge in [-0.3, -0.25) is 5.10 Å². The molecule has 0 aliphatic heterocycles. The van der Waals surface area contributed by atoms with Gasteiger partial charge in [0.2, 0.25) is 0 Å². The summed E-state index contributed by atoms with van der Waals surface area (Å²) in [5.74, 6) is -0.514. The molecule has 5 nitrogen and oxygen atoms in total. The Balaban J connectivity index is 3.01. The number of H-pyrrole nitrogens is 1. The fraction of sp³-hybridized carbons (Fsp3) is 0.200. The number of hydrogen-bond acceptors (Lipinski definition) is 2. The number of amides is 2. The van der Waals surface area contributed by atoms with Crippen LogP contribution in [0.15, 0.2) is 12.3 Å². The summed E-state index contributed by atoms with van der Waals surface area (Å²) in [6.07, 6.45) is -3.77. The predicted octanol–water partition coefficient (Wildman–Crippen LogP) is 0.815. The van der Waals surface area contributed by atoms with Gasteiger partial charge in [0.25, 0.3) is 0 Å². The van der Waals surface area contributed by atoms with Gasteiger partial charge in [0.1, 0.15) is 5.82 Å². The number of carbonyl (C=O) groups is 1. The number of rotatable bonds is 1. The second kappa shape index (κ2) is 2.96. The minimum atomic E-state index is -4.85. The van der Waals surface area contributed by atoms with Crippen molar-refractivity contribution in [2.75, 3.05) is 4.90 Å². The fourth-order valence-corrected chi connectivity index (χ4v) is 0.753. The van der Waals surface area contributed by atoms with E-state index in [0.29, 0.717) is 0 Å². The molecular formula is C5H5F3N4O. The molecule has 0 bridgehead atoms. The van der Waals surface area contributed by atoms with Crippen molar-refractivity contribution < 1.29 is 18.0 Å². The van der Waals surface area contributed by atoms with E-state index in [1.54, 1.807) is 0 Å². The van der Waals surface area contributed by atoms with E-state index in [2.05, 4.69) is 10.8 Å². The number of anilines is 1. The molecule has 0 spiro atoms. The zero-order chi connectivity index (χ0) is 10.1. The van der Waals surface area contributed by atoms with Gasteiger partial charge in [0, 0.05) is 6.07 Å². The molecule has 13 heavy (non-hydrogen) atoms. The molecule has 2 amide bonds. The highest BCUT2D eigenvalue weighted by Gasteiger charge is 2.42. The average molecular weight is 194 g/mol. The second-order valence-electron chi connectivity index (χ2n) is 2.08. The number of carbonyl (C=O) groups excluding carboxylic acids is 1. The van der Waals surface area contributed by atoms with Gasteiger partial charge >= 0.3 is 12.3 Å². The Bertz CT molecular complexity index is 293. The predicted molar refractivity (Wildman–Crippen MR) is 36.7 cm³/mol. The largest absolute Gasteiger partial charge is 0.494 e. The van der Waals surface area contributed by atoms with Crippen molar-refractivity contribution in [3.63, 3.8) is 0 Å². The lowest BCUT2D eigenvalue weighted by molar-refractivity contribution is -0.121. The van der Waals surface area contributed by atoms with Crippen molar-refractivity contribution in [3.8, 4) is 0 Å². The van der Waals surface area contributed by atoms with Gasteiger partial charge in [-0.2, -0.15) is 10.00 Å². The minimum Gasteiger partial charge on any atom is -0.351 e. The molecule has 0 aromatic carbocycles. The van der Waals surface area contributed by atoms with E-state index in [0.717, 1.165) is 12.3 Å². The Hall–Kier alpha value is -1.73. The van der Waals surface area contributed by atoms with Gasteiger partial charge < -0.3 is 5.73 Å². The SMILES string of the molecule is NC(=O)N(c1ccn[nH]1)C(F)(F)F. The van der Waals surface area contributed by atoms with Crippen LogP contribution >= 0.6 is 0 Å². The zero-order valence-electron chi connectivity index (χ0n) is 6.17. The van der Waals surface area contributed by atoms with Gasteiger partial charge in [-0.05, 0) is 0 Å². The summed E-state index contributed by atoms with van der Waals surface area (Å²) in [4.78, 5) is 9.88. The van der Waals surface area contributed by atoms with Crippen molar-refractivity contribution in [1.82, 2.24) is 10.2 Å². The van der Waals surface area contributed by atoms with Crippen LogP contribution in [0, 0.1) is 0 Å². The van der Waals surface area contributed by atoms with E-state index < -0.39 is 23.0 Å². The van der Waals surface area contributed by atoms with Crippen LogP contribution in [0.3, 0.4) is 0 Å². The van der Waals surface area contributed by atoms with Gasteiger partial charge in [0.15, 0.2) is 0 Å².